The third kappa shape index (κ3) is 3.73. The Morgan fingerprint density at radius 3 is 2.55 bits per heavy atom. The maximum atomic E-state index is 12.5. The van der Waals surface area contributed by atoms with E-state index >= 15 is 0 Å². The lowest BCUT2D eigenvalue weighted by Gasteiger charge is -2.31. The highest BCUT2D eigenvalue weighted by molar-refractivity contribution is 5.82. The topological polar surface area (TPSA) is 55.6 Å². The molecule has 1 amide bonds. The van der Waals surface area contributed by atoms with E-state index in [1.165, 1.54) is 0 Å². The summed E-state index contributed by atoms with van der Waals surface area (Å²) in [5, 5.41) is 0. The molecule has 0 aromatic heterocycles. The lowest BCUT2D eigenvalue weighted by molar-refractivity contribution is -0.140. The molecule has 20 heavy (non-hydrogen) atoms. The van der Waals surface area contributed by atoms with Gasteiger partial charge >= 0.3 is 0 Å². The number of carbonyl (C=O) groups excluding carboxylic acids is 1. The molecule has 2 N–H and O–H groups in total. The van der Waals surface area contributed by atoms with Crippen molar-refractivity contribution in [3.05, 3.63) is 29.8 Å². The number of ether oxygens (including phenoxy) is 1. The van der Waals surface area contributed by atoms with Crippen LogP contribution in [0.15, 0.2) is 24.3 Å². The summed E-state index contributed by atoms with van der Waals surface area (Å²) in [7, 11) is 1.81. The van der Waals surface area contributed by atoms with E-state index < -0.39 is 5.41 Å². The van der Waals surface area contributed by atoms with Crippen molar-refractivity contribution >= 4 is 5.91 Å². The van der Waals surface area contributed by atoms with Gasteiger partial charge in [0.1, 0.15) is 5.75 Å². The number of benzene rings is 1. The second-order valence-corrected chi connectivity index (χ2v) is 5.32. The van der Waals surface area contributed by atoms with Crippen LogP contribution in [-0.2, 0) is 11.3 Å². The fourth-order valence-electron chi connectivity index (χ4n) is 2.10. The van der Waals surface area contributed by atoms with Crippen LogP contribution in [0.3, 0.4) is 0 Å². The summed E-state index contributed by atoms with van der Waals surface area (Å²) >= 11 is 0. The van der Waals surface area contributed by atoms with Crippen LogP contribution < -0.4 is 10.5 Å². The monoisotopic (exact) mass is 278 g/mol. The average Bonchev–Trinajstić information content (AvgIpc) is 2.47. The molecule has 0 saturated carbocycles. The SMILES string of the molecule is CCOc1ccccc1CN(C)C(=O)C(C)(CC)CN. The Morgan fingerprint density at radius 2 is 2.00 bits per heavy atom. The molecule has 4 heteroatoms. The maximum absolute atomic E-state index is 12.5. The summed E-state index contributed by atoms with van der Waals surface area (Å²) in [5.41, 5.74) is 6.28. The van der Waals surface area contributed by atoms with Crippen molar-refractivity contribution in [2.75, 3.05) is 20.2 Å². The molecule has 1 unspecified atom stereocenters. The largest absolute Gasteiger partial charge is 0.494 e. The molecule has 0 heterocycles. The van der Waals surface area contributed by atoms with Gasteiger partial charge in [-0.05, 0) is 26.3 Å². The zero-order valence-electron chi connectivity index (χ0n) is 13.0. The van der Waals surface area contributed by atoms with Gasteiger partial charge in [-0.2, -0.15) is 0 Å². The van der Waals surface area contributed by atoms with Gasteiger partial charge in [0.25, 0.3) is 0 Å². The van der Waals surface area contributed by atoms with Gasteiger partial charge in [-0.3, -0.25) is 4.79 Å². The van der Waals surface area contributed by atoms with Crippen LogP contribution in [-0.4, -0.2) is 31.0 Å². The van der Waals surface area contributed by atoms with E-state index in [0.717, 1.165) is 17.7 Å². The number of nitrogens with zero attached hydrogens (tertiary/aromatic N) is 1. The number of nitrogens with two attached hydrogens (primary N) is 1. The highest BCUT2D eigenvalue weighted by Gasteiger charge is 2.32. The molecule has 1 aromatic rings. The average molecular weight is 278 g/mol. The van der Waals surface area contributed by atoms with Crippen molar-refractivity contribution in [2.24, 2.45) is 11.1 Å². The minimum absolute atomic E-state index is 0.0776. The molecular weight excluding hydrogens is 252 g/mol. The number of carbonyl (C=O) groups is 1. The highest BCUT2D eigenvalue weighted by atomic mass is 16.5. The van der Waals surface area contributed by atoms with Crippen molar-refractivity contribution in [2.45, 2.75) is 33.7 Å². The Hall–Kier alpha value is -1.55. The van der Waals surface area contributed by atoms with Crippen LogP contribution in [0, 0.1) is 5.41 Å². The first-order chi connectivity index (χ1) is 9.48. The molecule has 0 aliphatic heterocycles. The van der Waals surface area contributed by atoms with E-state index in [0.29, 0.717) is 19.7 Å². The molecule has 0 aliphatic carbocycles. The lowest BCUT2D eigenvalue weighted by Crippen LogP contribution is -2.44. The maximum Gasteiger partial charge on any atom is 0.229 e. The fraction of sp³-hybridized carbons (Fsp3) is 0.562. The molecule has 0 aliphatic rings. The number of para-hydroxylation sites is 1. The molecular formula is C16H26N2O2. The number of hydrogen-bond acceptors (Lipinski definition) is 3. The molecule has 1 aromatic carbocycles. The first-order valence-corrected chi connectivity index (χ1v) is 7.14. The predicted octanol–water partition coefficient (Wildman–Crippen LogP) is 2.42. The Morgan fingerprint density at radius 1 is 1.35 bits per heavy atom. The van der Waals surface area contributed by atoms with Crippen molar-refractivity contribution in [3.8, 4) is 5.75 Å². The van der Waals surface area contributed by atoms with Crippen LogP contribution in [0.5, 0.6) is 5.75 Å². The van der Waals surface area contributed by atoms with Gasteiger partial charge in [0.05, 0.1) is 12.0 Å². The van der Waals surface area contributed by atoms with Crippen LogP contribution >= 0.6 is 0 Å². The fourth-order valence-corrected chi connectivity index (χ4v) is 2.10. The molecule has 0 radical (unpaired) electrons. The second kappa shape index (κ2) is 7.29. The zero-order chi connectivity index (χ0) is 15.2. The zero-order valence-corrected chi connectivity index (χ0v) is 13.0. The second-order valence-electron chi connectivity index (χ2n) is 5.32. The summed E-state index contributed by atoms with van der Waals surface area (Å²) in [6.45, 7) is 7.37. The van der Waals surface area contributed by atoms with Crippen molar-refractivity contribution in [1.82, 2.24) is 4.90 Å². The Bertz CT molecular complexity index is 442. The lowest BCUT2D eigenvalue weighted by atomic mass is 9.86. The normalized spacial score (nSPS) is 13.7. The number of hydrogen-bond donors (Lipinski definition) is 1. The molecule has 112 valence electrons. The summed E-state index contributed by atoms with van der Waals surface area (Å²) in [6, 6.07) is 7.81. The van der Waals surface area contributed by atoms with E-state index in [9.17, 15) is 4.79 Å². The molecule has 0 spiro atoms. The van der Waals surface area contributed by atoms with Crippen LogP contribution in [0.2, 0.25) is 0 Å². The van der Waals surface area contributed by atoms with Crippen molar-refractivity contribution < 1.29 is 9.53 Å². The minimum atomic E-state index is -0.491. The Labute approximate surface area is 121 Å². The summed E-state index contributed by atoms with van der Waals surface area (Å²) in [4.78, 5) is 14.2. The highest BCUT2D eigenvalue weighted by Crippen LogP contribution is 2.25. The van der Waals surface area contributed by atoms with E-state index in [-0.39, 0.29) is 5.91 Å². The Balaban J connectivity index is 2.85. The standard InChI is InChI=1S/C16H26N2O2/c1-5-16(3,12-17)15(19)18(4)11-13-9-7-8-10-14(13)20-6-2/h7-10H,5-6,11-12,17H2,1-4H3. The van der Waals surface area contributed by atoms with Crippen LogP contribution in [0.4, 0.5) is 0 Å². The van der Waals surface area contributed by atoms with Gasteiger partial charge in [0.2, 0.25) is 5.91 Å². The van der Waals surface area contributed by atoms with Gasteiger partial charge in [-0.15, -0.1) is 0 Å². The molecule has 0 bridgehead atoms. The summed E-state index contributed by atoms with van der Waals surface area (Å²) in [6.07, 6.45) is 0.736. The quantitative estimate of drug-likeness (QED) is 0.833. The van der Waals surface area contributed by atoms with Gasteiger partial charge in [-0.1, -0.05) is 25.1 Å². The van der Waals surface area contributed by atoms with Gasteiger partial charge < -0.3 is 15.4 Å². The van der Waals surface area contributed by atoms with Gasteiger partial charge in [0, 0.05) is 25.7 Å². The van der Waals surface area contributed by atoms with E-state index in [2.05, 4.69) is 0 Å². The van der Waals surface area contributed by atoms with E-state index in [1.54, 1.807) is 4.90 Å². The van der Waals surface area contributed by atoms with Gasteiger partial charge in [-0.25, -0.2) is 0 Å². The molecule has 0 fully saturated rings. The Kier molecular flexibility index (Phi) is 6.02. The van der Waals surface area contributed by atoms with E-state index in [1.807, 2.05) is 52.1 Å². The summed E-state index contributed by atoms with van der Waals surface area (Å²) < 4.78 is 5.59. The van der Waals surface area contributed by atoms with Crippen LogP contribution in [0.25, 0.3) is 0 Å². The first-order valence-electron chi connectivity index (χ1n) is 7.14. The molecule has 4 nitrogen and oxygen atoms in total. The predicted molar refractivity (Wildman–Crippen MR) is 81.5 cm³/mol. The number of rotatable bonds is 7. The third-order valence-corrected chi connectivity index (χ3v) is 3.77. The number of amides is 1. The third-order valence-electron chi connectivity index (χ3n) is 3.77. The molecule has 1 rings (SSSR count). The van der Waals surface area contributed by atoms with Crippen molar-refractivity contribution in [1.29, 1.82) is 0 Å². The van der Waals surface area contributed by atoms with Crippen molar-refractivity contribution in [3.63, 3.8) is 0 Å². The molecule has 0 saturated heterocycles. The first kappa shape index (κ1) is 16.5. The van der Waals surface area contributed by atoms with E-state index in [4.69, 9.17) is 10.5 Å². The van der Waals surface area contributed by atoms with Crippen LogP contribution in [0.1, 0.15) is 32.8 Å². The van der Waals surface area contributed by atoms with Gasteiger partial charge in [0.15, 0.2) is 0 Å². The minimum Gasteiger partial charge on any atom is -0.494 e. The molecule has 1 atom stereocenters. The summed E-state index contributed by atoms with van der Waals surface area (Å²) in [5.74, 6) is 0.911. The smallest absolute Gasteiger partial charge is 0.229 e.